The van der Waals surface area contributed by atoms with Crippen LogP contribution in [0.2, 0.25) is 5.02 Å². The van der Waals surface area contributed by atoms with E-state index in [2.05, 4.69) is 5.32 Å². The average Bonchev–Trinajstić information content (AvgIpc) is 3.29. The normalized spacial score (nSPS) is 13.9. The second-order valence-corrected chi connectivity index (χ2v) is 5.59. The quantitative estimate of drug-likeness (QED) is 0.837. The van der Waals surface area contributed by atoms with Crippen molar-refractivity contribution in [3.05, 3.63) is 22.7 Å². The van der Waals surface area contributed by atoms with E-state index in [9.17, 15) is 4.79 Å². The molecule has 0 bridgehead atoms. The van der Waals surface area contributed by atoms with Crippen LogP contribution in [0.25, 0.3) is 0 Å². The van der Waals surface area contributed by atoms with E-state index in [4.69, 9.17) is 21.1 Å². The molecular weight excluding hydrogens is 292 g/mol. The second-order valence-electron chi connectivity index (χ2n) is 5.15. The Hall–Kier alpha value is -1.46. The number of methoxy groups -OCH3 is 1. The summed E-state index contributed by atoms with van der Waals surface area (Å²) >= 11 is 6.06. The van der Waals surface area contributed by atoms with Gasteiger partial charge in [-0.25, -0.2) is 0 Å². The molecule has 6 heteroatoms. The van der Waals surface area contributed by atoms with E-state index in [1.54, 1.807) is 18.1 Å². The third-order valence-corrected chi connectivity index (χ3v) is 3.73. The molecule has 1 saturated carbocycles. The van der Waals surface area contributed by atoms with E-state index in [0.29, 0.717) is 29.1 Å². The molecule has 2 rings (SSSR count). The van der Waals surface area contributed by atoms with Crippen LogP contribution in [0.1, 0.15) is 18.4 Å². The molecule has 0 heterocycles. The predicted molar refractivity (Wildman–Crippen MR) is 82.1 cm³/mol. The standard InChI is InChI=1S/C15H21ClN2O3/c1-17-8-10-6-11(16)7-13(20-3)15(10)21-9-14(19)18(2)12-4-5-12/h6-7,12,17H,4-5,8-9H2,1-3H3. The highest BCUT2D eigenvalue weighted by molar-refractivity contribution is 6.30. The summed E-state index contributed by atoms with van der Waals surface area (Å²) in [7, 11) is 5.21. The fourth-order valence-electron chi connectivity index (χ4n) is 2.16. The molecule has 21 heavy (non-hydrogen) atoms. The van der Waals surface area contributed by atoms with Crippen LogP contribution in [-0.4, -0.2) is 44.7 Å². The first kappa shape index (κ1) is 15.9. The number of hydrogen-bond donors (Lipinski definition) is 1. The molecule has 0 spiro atoms. The van der Waals surface area contributed by atoms with Crippen LogP contribution >= 0.6 is 11.6 Å². The summed E-state index contributed by atoms with van der Waals surface area (Å²) in [6, 6.07) is 3.88. The molecule has 1 aliphatic rings. The van der Waals surface area contributed by atoms with Gasteiger partial charge in [-0.05, 0) is 26.0 Å². The van der Waals surface area contributed by atoms with Crippen molar-refractivity contribution in [2.45, 2.75) is 25.4 Å². The van der Waals surface area contributed by atoms with Crippen LogP contribution in [0.15, 0.2) is 12.1 Å². The number of likely N-dealkylation sites (N-methyl/N-ethyl adjacent to an activating group) is 1. The van der Waals surface area contributed by atoms with Gasteiger partial charge in [0.25, 0.3) is 5.91 Å². The maximum absolute atomic E-state index is 12.1. The molecule has 1 fully saturated rings. The molecule has 1 aromatic rings. The zero-order valence-electron chi connectivity index (χ0n) is 12.6. The Balaban J connectivity index is 2.11. The van der Waals surface area contributed by atoms with E-state index in [1.807, 2.05) is 20.2 Å². The van der Waals surface area contributed by atoms with Crippen molar-refractivity contribution in [1.82, 2.24) is 10.2 Å². The van der Waals surface area contributed by atoms with Gasteiger partial charge in [0.1, 0.15) is 0 Å². The van der Waals surface area contributed by atoms with Crippen molar-refractivity contribution in [2.24, 2.45) is 0 Å². The summed E-state index contributed by atoms with van der Waals surface area (Å²) in [4.78, 5) is 13.8. The maximum atomic E-state index is 12.1. The zero-order valence-corrected chi connectivity index (χ0v) is 13.4. The summed E-state index contributed by atoms with van der Waals surface area (Å²) < 4.78 is 11.0. The molecule has 1 N–H and O–H groups in total. The van der Waals surface area contributed by atoms with E-state index < -0.39 is 0 Å². The molecule has 1 aromatic carbocycles. The summed E-state index contributed by atoms with van der Waals surface area (Å²) in [5.74, 6) is 1.08. The molecule has 0 aliphatic heterocycles. The van der Waals surface area contributed by atoms with E-state index in [-0.39, 0.29) is 12.5 Å². The first-order valence-corrected chi connectivity index (χ1v) is 7.34. The molecule has 0 unspecified atom stereocenters. The van der Waals surface area contributed by atoms with Gasteiger partial charge in [0.05, 0.1) is 7.11 Å². The number of halogens is 1. The van der Waals surface area contributed by atoms with Gasteiger partial charge in [-0.15, -0.1) is 0 Å². The largest absolute Gasteiger partial charge is 0.493 e. The molecular formula is C15H21ClN2O3. The average molecular weight is 313 g/mol. The number of carbonyl (C=O) groups excluding carboxylic acids is 1. The summed E-state index contributed by atoms with van der Waals surface area (Å²) in [6.45, 7) is 0.584. The topological polar surface area (TPSA) is 50.8 Å². The fourth-order valence-corrected chi connectivity index (χ4v) is 2.39. The summed E-state index contributed by atoms with van der Waals surface area (Å²) in [5, 5.41) is 3.63. The first-order valence-electron chi connectivity index (χ1n) is 6.96. The number of nitrogens with zero attached hydrogens (tertiary/aromatic N) is 1. The second kappa shape index (κ2) is 7.00. The molecule has 1 aliphatic carbocycles. The minimum Gasteiger partial charge on any atom is -0.493 e. The van der Waals surface area contributed by atoms with E-state index >= 15 is 0 Å². The Labute approximate surface area is 130 Å². The van der Waals surface area contributed by atoms with E-state index in [1.165, 1.54) is 0 Å². The first-order chi connectivity index (χ1) is 10.1. The third kappa shape index (κ3) is 4.02. The Morgan fingerprint density at radius 3 is 2.76 bits per heavy atom. The van der Waals surface area contributed by atoms with Gasteiger partial charge in [-0.2, -0.15) is 0 Å². The highest BCUT2D eigenvalue weighted by atomic mass is 35.5. The van der Waals surface area contributed by atoms with Crippen LogP contribution in [0.4, 0.5) is 0 Å². The maximum Gasteiger partial charge on any atom is 0.260 e. The zero-order chi connectivity index (χ0) is 15.4. The smallest absolute Gasteiger partial charge is 0.260 e. The molecule has 0 aromatic heterocycles. The molecule has 0 radical (unpaired) electrons. The summed E-state index contributed by atoms with van der Waals surface area (Å²) in [5.41, 5.74) is 0.865. The Bertz CT molecular complexity index is 518. The van der Waals surface area contributed by atoms with Gasteiger partial charge in [0, 0.05) is 36.3 Å². The highest BCUT2D eigenvalue weighted by Crippen LogP contribution is 2.35. The Kier molecular flexibility index (Phi) is 5.31. The van der Waals surface area contributed by atoms with Gasteiger partial charge >= 0.3 is 0 Å². The van der Waals surface area contributed by atoms with Crippen molar-refractivity contribution in [3.8, 4) is 11.5 Å². The van der Waals surface area contributed by atoms with E-state index in [0.717, 1.165) is 18.4 Å². The SMILES string of the molecule is CNCc1cc(Cl)cc(OC)c1OCC(=O)N(C)C1CC1. The van der Waals surface area contributed by atoms with Crippen LogP contribution in [0, 0.1) is 0 Å². The molecule has 0 atom stereocenters. The van der Waals surface area contributed by atoms with Crippen LogP contribution in [-0.2, 0) is 11.3 Å². The summed E-state index contributed by atoms with van der Waals surface area (Å²) in [6.07, 6.45) is 2.16. The number of carbonyl (C=O) groups is 1. The number of nitrogens with one attached hydrogen (secondary N) is 1. The molecule has 116 valence electrons. The van der Waals surface area contributed by atoms with Crippen molar-refractivity contribution in [2.75, 3.05) is 27.8 Å². The fraction of sp³-hybridized carbons (Fsp3) is 0.533. The van der Waals surface area contributed by atoms with Gasteiger partial charge in [-0.3, -0.25) is 4.79 Å². The van der Waals surface area contributed by atoms with Crippen molar-refractivity contribution in [3.63, 3.8) is 0 Å². The third-order valence-electron chi connectivity index (χ3n) is 3.51. The number of hydrogen-bond acceptors (Lipinski definition) is 4. The molecule has 5 nitrogen and oxygen atoms in total. The minimum atomic E-state index is -0.0232. The minimum absolute atomic E-state index is 0.00169. The Morgan fingerprint density at radius 2 is 2.19 bits per heavy atom. The van der Waals surface area contributed by atoms with Crippen LogP contribution in [0.3, 0.4) is 0 Å². The predicted octanol–water partition coefficient (Wildman–Crippen LogP) is 2.07. The monoisotopic (exact) mass is 312 g/mol. The van der Waals surface area contributed by atoms with Crippen molar-refractivity contribution >= 4 is 17.5 Å². The lowest BCUT2D eigenvalue weighted by Gasteiger charge is -2.19. The number of benzene rings is 1. The number of ether oxygens (including phenoxy) is 2. The van der Waals surface area contributed by atoms with Gasteiger partial charge in [0.15, 0.2) is 18.1 Å². The molecule has 0 saturated heterocycles. The lowest BCUT2D eigenvalue weighted by molar-refractivity contribution is -0.132. The van der Waals surface area contributed by atoms with Crippen molar-refractivity contribution in [1.29, 1.82) is 0 Å². The lowest BCUT2D eigenvalue weighted by atomic mass is 10.2. The number of rotatable bonds is 7. The van der Waals surface area contributed by atoms with Crippen LogP contribution < -0.4 is 14.8 Å². The van der Waals surface area contributed by atoms with Gasteiger partial charge in [-0.1, -0.05) is 11.6 Å². The van der Waals surface area contributed by atoms with Crippen LogP contribution in [0.5, 0.6) is 11.5 Å². The number of amides is 1. The lowest BCUT2D eigenvalue weighted by Crippen LogP contribution is -2.33. The Morgan fingerprint density at radius 1 is 1.48 bits per heavy atom. The molecule has 1 amide bonds. The highest BCUT2D eigenvalue weighted by Gasteiger charge is 2.29. The van der Waals surface area contributed by atoms with Gasteiger partial charge < -0.3 is 19.7 Å². The van der Waals surface area contributed by atoms with Crippen molar-refractivity contribution < 1.29 is 14.3 Å². The van der Waals surface area contributed by atoms with Gasteiger partial charge in [0.2, 0.25) is 0 Å².